The van der Waals surface area contributed by atoms with Crippen molar-refractivity contribution >= 4 is 40.5 Å². The molecule has 4 nitrogen and oxygen atoms in total. The zero-order valence-corrected chi connectivity index (χ0v) is 11.6. The van der Waals surface area contributed by atoms with Gasteiger partial charge in [-0.15, -0.1) is 0 Å². The Morgan fingerprint density at radius 3 is 2.68 bits per heavy atom. The molecule has 0 aliphatic carbocycles. The Morgan fingerprint density at radius 2 is 2.05 bits per heavy atom. The van der Waals surface area contributed by atoms with Crippen molar-refractivity contribution in [1.29, 1.82) is 0 Å². The Hall–Kier alpha value is -1.78. The van der Waals surface area contributed by atoms with Gasteiger partial charge in [-0.1, -0.05) is 23.2 Å². The Bertz CT molecular complexity index is 644. The van der Waals surface area contributed by atoms with Gasteiger partial charge in [0, 0.05) is 22.6 Å². The molecule has 19 heavy (non-hydrogen) atoms. The van der Waals surface area contributed by atoms with E-state index in [1.807, 2.05) is 0 Å². The largest absolute Gasteiger partial charge is 0.398 e. The molecule has 1 aromatic heterocycles. The molecule has 0 saturated heterocycles. The molecule has 0 bridgehead atoms. The number of aryl methyl sites for hydroxylation is 1. The molecule has 3 N–H and O–H groups in total. The maximum Gasteiger partial charge on any atom is 0.259 e. The van der Waals surface area contributed by atoms with E-state index in [0.717, 1.165) is 5.69 Å². The summed E-state index contributed by atoms with van der Waals surface area (Å²) in [6.45, 7) is 1.80. The smallest absolute Gasteiger partial charge is 0.259 e. The lowest BCUT2D eigenvalue weighted by atomic mass is 10.2. The van der Waals surface area contributed by atoms with Crippen LogP contribution in [0.2, 0.25) is 10.0 Å². The van der Waals surface area contributed by atoms with Crippen LogP contribution in [0.15, 0.2) is 30.5 Å². The molecule has 1 heterocycles. The van der Waals surface area contributed by atoms with Crippen LogP contribution < -0.4 is 11.1 Å². The van der Waals surface area contributed by atoms with Crippen LogP contribution in [0.25, 0.3) is 0 Å². The summed E-state index contributed by atoms with van der Waals surface area (Å²) < 4.78 is 0. The molecule has 0 aliphatic rings. The number of nitrogen functional groups attached to an aromatic ring is 1. The van der Waals surface area contributed by atoms with E-state index in [-0.39, 0.29) is 5.91 Å². The van der Waals surface area contributed by atoms with Crippen LogP contribution >= 0.6 is 23.2 Å². The first-order valence-corrected chi connectivity index (χ1v) is 6.21. The summed E-state index contributed by atoms with van der Waals surface area (Å²) in [6, 6.07) is 6.45. The number of nitrogens with one attached hydrogen (secondary N) is 1. The van der Waals surface area contributed by atoms with Crippen LogP contribution in [0.5, 0.6) is 0 Å². The first-order chi connectivity index (χ1) is 8.97. The molecule has 98 valence electrons. The first kappa shape index (κ1) is 13.6. The number of hydrogen-bond acceptors (Lipinski definition) is 3. The fourth-order valence-electron chi connectivity index (χ4n) is 1.55. The second-order valence-electron chi connectivity index (χ2n) is 3.99. The van der Waals surface area contributed by atoms with Gasteiger partial charge >= 0.3 is 0 Å². The quantitative estimate of drug-likeness (QED) is 0.890. The summed E-state index contributed by atoms with van der Waals surface area (Å²) in [6.07, 6.45) is 1.43. The highest BCUT2D eigenvalue weighted by Crippen LogP contribution is 2.26. The van der Waals surface area contributed by atoms with E-state index >= 15 is 0 Å². The molecule has 1 aromatic carbocycles. The van der Waals surface area contributed by atoms with Gasteiger partial charge in [-0.25, -0.2) is 0 Å². The van der Waals surface area contributed by atoms with Crippen molar-refractivity contribution in [3.63, 3.8) is 0 Å². The van der Waals surface area contributed by atoms with Crippen LogP contribution in [0.1, 0.15) is 16.1 Å². The Morgan fingerprint density at radius 1 is 1.32 bits per heavy atom. The third-order valence-corrected chi connectivity index (χ3v) is 3.04. The lowest BCUT2D eigenvalue weighted by Crippen LogP contribution is -2.15. The minimum absolute atomic E-state index is 0.302. The molecule has 0 saturated carbocycles. The van der Waals surface area contributed by atoms with Gasteiger partial charge in [-0.2, -0.15) is 0 Å². The van der Waals surface area contributed by atoms with Gasteiger partial charge < -0.3 is 11.1 Å². The number of carbonyl (C=O) groups is 1. The summed E-state index contributed by atoms with van der Waals surface area (Å²) >= 11 is 11.8. The van der Waals surface area contributed by atoms with Gasteiger partial charge in [0.1, 0.15) is 0 Å². The molecule has 0 atom stereocenters. The fraction of sp³-hybridized carbons (Fsp3) is 0.0769. The molecular weight excluding hydrogens is 285 g/mol. The number of aromatic nitrogens is 1. The molecule has 6 heteroatoms. The highest BCUT2D eigenvalue weighted by atomic mass is 35.5. The highest BCUT2D eigenvalue weighted by Gasteiger charge is 2.12. The topological polar surface area (TPSA) is 68.0 Å². The molecule has 1 amide bonds. The van der Waals surface area contributed by atoms with Crippen LogP contribution in [-0.2, 0) is 0 Å². The molecule has 0 spiro atoms. The van der Waals surface area contributed by atoms with Crippen LogP contribution in [-0.4, -0.2) is 10.9 Å². The van der Waals surface area contributed by atoms with Gasteiger partial charge in [-0.3, -0.25) is 9.78 Å². The average Bonchev–Trinajstić information content (AvgIpc) is 2.32. The maximum absolute atomic E-state index is 12.1. The monoisotopic (exact) mass is 295 g/mol. The van der Waals surface area contributed by atoms with E-state index < -0.39 is 0 Å². The zero-order valence-electron chi connectivity index (χ0n) is 10.1. The van der Waals surface area contributed by atoms with Crippen molar-refractivity contribution in [1.82, 2.24) is 4.98 Å². The lowest BCUT2D eigenvalue weighted by molar-refractivity contribution is 0.102. The van der Waals surface area contributed by atoms with Crippen molar-refractivity contribution in [2.45, 2.75) is 6.92 Å². The van der Waals surface area contributed by atoms with E-state index in [2.05, 4.69) is 10.3 Å². The van der Waals surface area contributed by atoms with Crippen molar-refractivity contribution in [2.24, 2.45) is 0 Å². The SMILES string of the molecule is Cc1cc(N)c(C(=O)Nc2ccc(Cl)cc2Cl)cn1. The molecule has 2 aromatic rings. The van der Waals surface area contributed by atoms with E-state index in [1.54, 1.807) is 31.2 Å². The van der Waals surface area contributed by atoms with Crippen LogP contribution in [0.4, 0.5) is 11.4 Å². The fourth-order valence-corrected chi connectivity index (χ4v) is 2.01. The van der Waals surface area contributed by atoms with E-state index in [9.17, 15) is 4.79 Å². The van der Waals surface area contributed by atoms with Crippen LogP contribution in [0, 0.1) is 6.92 Å². The van der Waals surface area contributed by atoms with E-state index in [1.165, 1.54) is 6.20 Å². The maximum atomic E-state index is 12.1. The van der Waals surface area contributed by atoms with Gasteiger partial charge in [0.05, 0.1) is 16.3 Å². The third-order valence-electron chi connectivity index (χ3n) is 2.50. The highest BCUT2D eigenvalue weighted by molar-refractivity contribution is 6.36. The van der Waals surface area contributed by atoms with Crippen molar-refractivity contribution in [3.05, 3.63) is 51.8 Å². The summed E-state index contributed by atoms with van der Waals surface area (Å²) in [4.78, 5) is 16.1. The Kier molecular flexibility index (Phi) is 3.93. The lowest BCUT2D eigenvalue weighted by Gasteiger charge is -2.09. The number of rotatable bonds is 2. The van der Waals surface area contributed by atoms with Crippen molar-refractivity contribution in [2.75, 3.05) is 11.1 Å². The number of halogens is 2. The van der Waals surface area contributed by atoms with Crippen molar-refractivity contribution in [3.8, 4) is 0 Å². The average molecular weight is 296 g/mol. The predicted octanol–water partition coefficient (Wildman–Crippen LogP) is 3.53. The third kappa shape index (κ3) is 3.16. The summed E-state index contributed by atoms with van der Waals surface area (Å²) in [7, 11) is 0. The zero-order chi connectivity index (χ0) is 14.0. The molecule has 0 radical (unpaired) electrons. The molecular formula is C13H11Cl2N3O. The summed E-state index contributed by atoms with van der Waals surface area (Å²) in [5.41, 5.74) is 7.67. The minimum Gasteiger partial charge on any atom is -0.398 e. The van der Waals surface area contributed by atoms with Crippen LogP contribution in [0.3, 0.4) is 0 Å². The number of nitrogens with zero attached hydrogens (tertiary/aromatic N) is 1. The number of benzene rings is 1. The molecule has 2 rings (SSSR count). The number of nitrogens with two attached hydrogens (primary N) is 1. The number of pyridine rings is 1. The molecule has 0 unspecified atom stereocenters. The first-order valence-electron chi connectivity index (χ1n) is 5.46. The second-order valence-corrected chi connectivity index (χ2v) is 4.83. The summed E-state index contributed by atoms with van der Waals surface area (Å²) in [5.74, 6) is -0.366. The van der Waals surface area contributed by atoms with Gasteiger partial charge in [0.25, 0.3) is 5.91 Å². The predicted molar refractivity (Wildman–Crippen MR) is 77.8 cm³/mol. The number of amides is 1. The standard InChI is InChI=1S/C13H11Cl2N3O/c1-7-4-11(16)9(6-17-7)13(19)18-12-3-2-8(14)5-10(12)15/h2-6H,1H3,(H2,16,17)(H,18,19). The van der Waals surface area contributed by atoms with Gasteiger partial charge in [0.15, 0.2) is 0 Å². The number of anilines is 2. The van der Waals surface area contributed by atoms with Gasteiger partial charge in [-0.05, 0) is 31.2 Å². The van der Waals surface area contributed by atoms with E-state index in [0.29, 0.717) is 27.0 Å². The normalized spacial score (nSPS) is 10.3. The van der Waals surface area contributed by atoms with Crippen molar-refractivity contribution < 1.29 is 4.79 Å². The van der Waals surface area contributed by atoms with E-state index in [4.69, 9.17) is 28.9 Å². The van der Waals surface area contributed by atoms with Gasteiger partial charge in [0.2, 0.25) is 0 Å². The minimum atomic E-state index is -0.366. The Balaban J connectivity index is 2.25. The summed E-state index contributed by atoms with van der Waals surface area (Å²) in [5, 5.41) is 3.52. The molecule has 0 aliphatic heterocycles. The second kappa shape index (κ2) is 5.47. The number of hydrogen-bond donors (Lipinski definition) is 2. The Labute approximate surface area is 120 Å². The number of carbonyl (C=O) groups excluding carboxylic acids is 1. The molecule has 0 fully saturated rings.